The number of carbonyl (C=O) groups is 2. The smallest absolute Gasteiger partial charge is 0.271 e. The van der Waals surface area contributed by atoms with Gasteiger partial charge in [0.1, 0.15) is 11.6 Å². The van der Waals surface area contributed by atoms with Gasteiger partial charge in [0.2, 0.25) is 10.8 Å². The van der Waals surface area contributed by atoms with E-state index < -0.39 is 21.6 Å². The van der Waals surface area contributed by atoms with E-state index in [0.717, 1.165) is 11.1 Å². The zero-order chi connectivity index (χ0) is 24.3. The number of fused-ring (bicyclic) bond motifs is 2. The summed E-state index contributed by atoms with van der Waals surface area (Å²) in [4.78, 5) is 28.6. The van der Waals surface area contributed by atoms with Gasteiger partial charge in [0.05, 0.1) is 23.0 Å². The molecule has 0 N–H and O–H groups in total. The molecule has 0 radical (unpaired) electrons. The molecule has 174 valence electrons. The molecule has 2 atom stereocenters. The molecule has 0 aromatic heterocycles. The number of benzene rings is 3. The molecule has 7 heteroatoms. The van der Waals surface area contributed by atoms with Crippen molar-refractivity contribution >= 4 is 34.0 Å². The van der Waals surface area contributed by atoms with E-state index in [1.165, 1.54) is 17.0 Å². The summed E-state index contributed by atoms with van der Waals surface area (Å²) >= 11 is 0. The fourth-order valence-electron chi connectivity index (χ4n) is 4.76. The van der Waals surface area contributed by atoms with Gasteiger partial charge in [-0.3, -0.25) is 18.7 Å². The molecule has 0 saturated carbocycles. The Morgan fingerprint density at radius 1 is 0.941 bits per heavy atom. The fourth-order valence-corrected chi connectivity index (χ4v) is 6.46. The first-order chi connectivity index (χ1) is 16.1. The quantitative estimate of drug-likeness (QED) is 0.554. The number of nitrogens with zero attached hydrogens (tertiary/aromatic N) is 2. The highest BCUT2D eigenvalue weighted by molar-refractivity contribution is 7.88. The summed E-state index contributed by atoms with van der Waals surface area (Å²) in [6, 6.07) is 20.6. The van der Waals surface area contributed by atoms with Gasteiger partial charge in [-0.1, -0.05) is 63.2 Å². The van der Waals surface area contributed by atoms with Gasteiger partial charge in [-0.05, 0) is 46.9 Å². The molecule has 3 aromatic carbocycles. The predicted octanol–water partition coefficient (Wildman–Crippen LogP) is 4.62. The van der Waals surface area contributed by atoms with Crippen molar-refractivity contribution in [1.29, 1.82) is 0 Å². The van der Waals surface area contributed by atoms with Crippen molar-refractivity contribution in [3.05, 3.63) is 95.3 Å². The van der Waals surface area contributed by atoms with E-state index in [0.29, 0.717) is 16.9 Å². The van der Waals surface area contributed by atoms with E-state index in [1.54, 1.807) is 35.2 Å². The molecule has 3 aromatic rings. The van der Waals surface area contributed by atoms with Gasteiger partial charge in [0.25, 0.3) is 5.91 Å². The lowest BCUT2D eigenvalue weighted by Gasteiger charge is -2.33. The summed E-state index contributed by atoms with van der Waals surface area (Å²) in [7, 11) is -1.79. The number of rotatable bonds is 3. The van der Waals surface area contributed by atoms with Gasteiger partial charge in [0, 0.05) is 11.3 Å². The van der Waals surface area contributed by atoms with Gasteiger partial charge < -0.3 is 4.90 Å². The minimum absolute atomic E-state index is 0.0736. The zero-order valence-corrected chi connectivity index (χ0v) is 20.1. The largest absolute Gasteiger partial charge is 0.304 e. The average molecular weight is 477 g/mol. The third-order valence-electron chi connectivity index (χ3n) is 6.49. The Labute approximate surface area is 200 Å². The second kappa shape index (κ2) is 7.87. The number of halogens is 1. The first-order valence-electron chi connectivity index (χ1n) is 11.1. The van der Waals surface area contributed by atoms with E-state index >= 15 is 0 Å². The Hall–Kier alpha value is -3.32. The van der Waals surface area contributed by atoms with Crippen LogP contribution in [-0.4, -0.2) is 21.8 Å². The lowest BCUT2D eigenvalue weighted by atomic mass is 9.87. The molecule has 34 heavy (non-hydrogen) atoms. The van der Waals surface area contributed by atoms with Crippen LogP contribution < -0.4 is 9.80 Å². The van der Waals surface area contributed by atoms with Crippen molar-refractivity contribution in [2.24, 2.45) is 0 Å². The standard InChI is InChI=1S/C27H25FN2O3S/c1-26(2,3)19-10-14-21(15-11-19)30-24(31)17-34(33)27(30)22-6-4-5-7-23(22)29(25(27)32)16-18-8-12-20(28)13-9-18/h4-15H,16-17H2,1-3H3. The molecule has 1 saturated heterocycles. The average Bonchev–Trinajstić information content (AvgIpc) is 3.21. The van der Waals surface area contributed by atoms with E-state index in [2.05, 4.69) is 20.8 Å². The van der Waals surface area contributed by atoms with Gasteiger partial charge in [-0.2, -0.15) is 0 Å². The van der Waals surface area contributed by atoms with Crippen LogP contribution in [0.15, 0.2) is 72.8 Å². The Morgan fingerprint density at radius 3 is 2.24 bits per heavy atom. The minimum atomic E-state index is -1.79. The maximum absolute atomic E-state index is 14.1. The molecular formula is C27H25FN2O3S. The maximum Gasteiger partial charge on any atom is 0.271 e. The van der Waals surface area contributed by atoms with Gasteiger partial charge >= 0.3 is 0 Å². The summed E-state index contributed by atoms with van der Waals surface area (Å²) in [5.41, 5.74) is 3.44. The first-order valence-corrected chi connectivity index (χ1v) is 12.4. The molecular weight excluding hydrogens is 451 g/mol. The second-order valence-electron chi connectivity index (χ2n) is 9.69. The molecule has 2 aliphatic rings. The second-order valence-corrected chi connectivity index (χ2v) is 11.3. The zero-order valence-electron chi connectivity index (χ0n) is 19.2. The lowest BCUT2D eigenvalue weighted by molar-refractivity contribution is -0.123. The van der Waals surface area contributed by atoms with Crippen LogP contribution in [0.4, 0.5) is 15.8 Å². The molecule has 2 heterocycles. The third-order valence-corrected chi connectivity index (χ3v) is 8.23. The van der Waals surface area contributed by atoms with Crippen LogP contribution in [0.3, 0.4) is 0 Å². The van der Waals surface area contributed by atoms with Crippen molar-refractivity contribution in [2.45, 2.75) is 37.6 Å². The number of carbonyl (C=O) groups excluding carboxylic acids is 2. The van der Waals surface area contributed by atoms with Crippen molar-refractivity contribution < 1.29 is 18.2 Å². The van der Waals surface area contributed by atoms with Crippen LogP contribution in [0.1, 0.15) is 37.5 Å². The molecule has 2 amide bonds. The van der Waals surface area contributed by atoms with Crippen molar-refractivity contribution in [1.82, 2.24) is 0 Å². The van der Waals surface area contributed by atoms with E-state index in [4.69, 9.17) is 0 Å². The minimum Gasteiger partial charge on any atom is -0.304 e. The molecule has 1 fully saturated rings. The Bertz CT molecular complexity index is 1310. The number of anilines is 2. The van der Waals surface area contributed by atoms with Crippen LogP contribution in [0.5, 0.6) is 0 Å². The summed E-state index contributed by atoms with van der Waals surface area (Å²) < 4.78 is 27.0. The molecule has 2 unspecified atom stereocenters. The Balaban J connectivity index is 1.64. The number of para-hydroxylation sites is 1. The fraction of sp³-hybridized carbons (Fsp3) is 0.259. The monoisotopic (exact) mass is 476 g/mol. The molecule has 5 nitrogen and oxygen atoms in total. The molecule has 1 spiro atoms. The number of hydrogen-bond donors (Lipinski definition) is 0. The highest BCUT2D eigenvalue weighted by Crippen LogP contribution is 2.51. The van der Waals surface area contributed by atoms with E-state index in [1.807, 2.05) is 30.3 Å². The number of amides is 2. The molecule has 2 aliphatic heterocycles. The van der Waals surface area contributed by atoms with E-state index in [-0.39, 0.29) is 29.4 Å². The predicted molar refractivity (Wildman–Crippen MR) is 131 cm³/mol. The SMILES string of the molecule is CC(C)(C)c1ccc(N2C(=O)CS(=O)C23C(=O)N(Cc2ccc(F)cc2)c2ccccc23)cc1. The first kappa shape index (κ1) is 22.5. The lowest BCUT2D eigenvalue weighted by Crippen LogP contribution is -2.52. The molecule has 0 aliphatic carbocycles. The molecule has 5 rings (SSSR count). The Kier molecular flexibility index (Phi) is 5.20. The summed E-state index contributed by atoms with van der Waals surface area (Å²) in [5.74, 6) is -1.36. The number of hydrogen-bond acceptors (Lipinski definition) is 3. The van der Waals surface area contributed by atoms with Crippen LogP contribution in [0.2, 0.25) is 0 Å². The summed E-state index contributed by atoms with van der Waals surface area (Å²) in [6.07, 6.45) is 0. The topological polar surface area (TPSA) is 57.7 Å². The Morgan fingerprint density at radius 2 is 1.59 bits per heavy atom. The van der Waals surface area contributed by atoms with Crippen LogP contribution in [-0.2, 0) is 37.2 Å². The van der Waals surface area contributed by atoms with Crippen molar-refractivity contribution in [3.8, 4) is 0 Å². The van der Waals surface area contributed by atoms with E-state index in [9.17, 15) is 18.2 Å². The van der Waals surface area contributed by atoms with Crippen LogP contribution in [0.25, 0.3) is 0 Å². The van der Waals surface area contributed by atoms with Crippen molar-refractivity contribution in [3.63, 3.8) is 0 Å². The van der Waals surface area contributed by atoms with Crippen LogP contribution in [0, 0.1) is 5.82 Å². The highest BCUT2D eigenvalue weighted by atomic mass is 32.2. The third kappa shape index (κ3) is 3.29. The normalized spacial score (nSPS) is 22.1. The highest BCUT2D eigenvalue weighted by Gasteiger charge is 2.65. The van der Waals surface area contributed by atoms with Gasteiger partial charge in [0.15, 0.2) is 0 Å². The maximum atomic E-state index is 14.1. The van der Waals surface area contributed by atoms with Gasteiger partial charge in [-0.15, -0.1) is 0 Å². The van der Waals surface area contributed by atoms with Gasteiger partial charge in [-0.25, -0.2) is 4.39 Å². The summed E-state index contributed by atoms with van der Waals surface area (Å²) in [6.45, 7) is 6.48. The molecule has 0 bridgehead atoms. The summed E-state index contributed by atoms with van der Waals surface area (Å²) in [5, 5.41) is 0. The van der Waals surface area contributed by atoms with Crippen molar-refractivity contribution in [2.75, 3.05) is 15.6 Å². The van der Waals surface area contributed by atoms with Crippen LogP contribution >= 0.6 is 0 Å².